The summed E-state index contributed by atoms with van der Waals surface area (Å²) in [5.74, 6) is -1.10. The van der Waals surface area contributed by atoms with Crippen molar-refractivity contribution in [1.29, 1.82) is 0 Å². The number of amides is 2. The Labute approximate surface area is 125 Å². The van der Waals surface area contributed by atoms with Crippen molar-refractivity contribution < 1.29 is 14.0 Å². The van der Waals surface area contributed by atoms with Gasteiger partial charge in [-0.05, 0) is 29.7 Å². The normalized spacial score (nSPS) is 22.1. The van der Waals surface area contributed by atoms with E-state index in [4.69, 9.17) is 5.73 Å². The standard InChI is InChI=1S/C14H16BrFN2O2/c1-8-6-18(7-11(8)14(17)20)13(19)5-9-4-10(16)2-3-12(9)15/h2-4,8,11H,5-7H2,1H3,(H2,17,20)/t8-,11-/m1/s1. The number of nitrogens with zero attached hydrogens (tertiary/aromatic N) is 1. The Morgan fingerprint density at radius 1 is 1.45 bits per heavy atom. The Morgan fingerprint density at radius 2 is 2.15 bits per heavy atom. The molecule has 20 heavy (non-hydrogen) atoms. The van der Waals surface area contributed by atoms with E-state index in [1.165, 1.54) is 12.1 Å². The number of carbonyl (C=O) groups is 2. The molecule has 0 unspecified atom stereocenters. The number of benzene rings is 1. The minimum absolute atomic E-state index is 0.0624. The molecule has 108 valence electrons. The van der Waals surface area contributed by atoms with E-state index >= 15 is 0 Å². The maximum atomic E-state index is 13.2. The molecule has 1 saturated heterocycles. The van der Waals surface area contributed by atoms with Gasteiger partial charge in [0.05, 0.1) is 12.3 Å². The lowest BCUT2D eigenvalue weighted by Crippen LogP contribution is -2.32. The van der Waals surface area contributed by atoms with Crippen LogP contribution < -0.4 is 5.73 Å². The van der Waals surface area contributed by atoms with Crippen LogP contribution in [-0.4, -0.2) is 29.8 Å². The lowest BCUT2D eigenvalue weighted by molar-refractivity contribution is -0.129. The van der Waals surface area contributed by atoms with Crippen molar-refractivity contribution in [3.63, 3.8) is 0 Å². The van der Waals surface area contributed by atoms with Crippen LogP contribution in [0.15, 0.2) is 22.7 Å². The number of rotatable bonds is 3. The van der Waals surface area contributed by atoms with Crippen LogP contribution in [0.3, 0.4) is 0 Å². The van der Waals surface area contributed by atoms with E-state index in [1.807, 2.05) is 6.92 Å². The van der Waals surface area contributed by atoms with Gasteiger partial charge < -0.3 is 10.6 Å². The summed E-state index contributed by atoms with van der Waals surface area (Å²) in [4.78, 5) is 25.1. The first kappa shape index (κ1) is 15.0. The highest BCUT2D eigenvalue weighted by atomic mass is 79.9. The van der Waals surface area contributed by atoms with Crippen LogP contribution in [0.25, 0.3) is 0 Å². The second kappa shape index (κ2) is 5.91. The molecule has 0 aliphatic carbocycles. The first-order valence-electron chi connectivity index (χ1n) is 6.39. The van der Waals surface area contributed by atoms with Gasteiger partial charge in [-0.2, -0.15) is 0 Å². The molecule has 6 heteroatoms. The topological polar surface area (TPSA) is 63.4 Å². The Balaban J connectivity index is 2.06. The number of primary amides is 1. The molecule has 2 rings (SSSR count). The third-order valence-corrected chi connectivity index (χ3v) is 4.45. The van der Waals surface area contributed by atoms with Crippen LogP contribution in [0.5, 0.6) is 0 Å². The molecule has 1 aromatic rings. The van der Waals surface area contributed by atoms with E-state index in [0.29, 0.717) is 23.1 Å². The number of nitrogens with two attached hydrogens (primary N) is 1. The van der Waals surface area contributed by atoms with Crippen molar-refractivity contribution in [2.75, 3.05) is 13.1 Å². The van der Waals surface area contributed by atoms with Gasteiger partial charge in [0.1, 0.15) is 5.82 Å². The molecule has 1 heterocycles. The van der Waals surface area contributed by atoms with E-state index in [1.54, 1.807) is 11.0 Å². The van der Waals surface area contributed by atoms with Gasteiger partial charge in [0.2, 0.25) is 11.8 Å². The van der Waals surface area contributed by atoms with Crippen LogP contribution in [0.4, 0.5) is 4.39 Å². The smallest absolute Gasteiger partial charge is 0.227 e. The van der Waals surface area contributed by atoms with Gasteiger partial charge in [-0.3, -0.25) is 9.59 Å². The van der Waals surface area contributed by atoms with Crippen molar-refractivity contribution in [1.82, 2.24) is 4.90 Å². The van der Waals surface area contributed by atoms with Gasteiger partial charge in [-0.25, -0.2) is 4.39 Å². The molecule has 0 aromatic heterocycles. The Kier molecular flexibility index (Phi) is 4.42. The first-order chi connectivity index (χ1) is 9.38. The quantitative estimate of drug-likeness (QED) is 0.908. The van der Waals surface area contributed by atoms with Crippen molar-refractivity contribution >= 4 is 27.7 Å². The number of likely N-dealkylation sites (tertiary alicyclic amines) is 1. The van der Waals surface area contributed by atoms with E-state index in [-0.39, 0.29) is 35.9 Å². The molecule has 0 radical (unpaired) electrons. The van der Waals surface area contributed by atoms with Gasteiger partial charge in [0, 0.05) is 17.6 Å². The van der Waals surface area contributed by atoms with Gasteiger partial charge in [-0.1, -0.05) is 22.9 Å². The largest absolute Gasteiger partial charge is 0.369 e. The average Bonchev–Trinajstić information content (AvgIpc) is 2.76. The first-order valence-corrected chi connectivity index (χ1v) is 7.18. The van der Waals surface area contributed by atoms with Crippen LogP contribution in [0, 0.1) is 17.7 Å². The van der Waals surface area contributed by atoms with E-state index in [2.05, 4.69) is 15.9 Å². The summed E-state index contributed by atoms with van der Waals surface area (Å²) in [6, 6.07) is 4.25. The molecule has 1 aliphatic rings. The summed E-state index contributed by atoms with van der Waals surface area (Å²) in [7, 11) is 0. The van der Waals surface area contributed by atoms with Gasteiger partial charge in [0.15, 0.2) is 0 Å². The summed E-state index contributed by atoms with van der Waals surface area (Å²) in [6.07, 6.45) is 0.108. The molecule has 0 spiro atoms. The SMILES string of the molecule is C[C@@H]1CN(C(=O)Cc2cc(F)ccc2Br)C[C@H]1C(N)=O. The van der Waals surface area contributed by atoms with E-state index in [9.17, 15) is 14.0 Å². The molecule has 0 saturated carbocycles. The number of carbonyl (C=O) groups excluding carboxylic acids is 2. The van der Waals surface area contributed by atoms with Crippen molar-refractivity contribution in [3.05, 3.63) is 34.1 Å². The molecule has 1 aromatic carbocycles. The summed E-state index contributed by atoms with van der Waals surface area (Å²) in [5.41, 5.74) is 5.92. The highest BCUT2D eigenvalue weighted by Crippen LogP contribution is 2.25. The minimum Gasteiger partial charge on any atom is -0.369 e. The number of hydrogen-bond donors (Lipinski definition) is 1. The summed E-state index contributed by atoms with van der Waals surface area (Å²) in [5, 5.41) is 0. The molecule has 2 N–H and O–H groups in total. The zero-order valence-corrected chi connectivity index (χ0v) is 12.7. The summed E-state index contributed by atoms with van der Waals surface area (Å²) < 4.78 is 13.9. The van der Waals surface area contributed by atoms with Gasteiger partial charge in [-0.15, -0.1) is 0 Å². The lowest BCUT2D eigenvalue weighted by Gasteiger charge is -2.16. The number of hydrogen-bond acceptors (Lipinski definition) is 2. The fourth-order valence-corrected chi connectivity index (χ4v) is 2.88. The second-order valence-corrected chi connectivity index (χ2v) is 6.05. The Bertz CT molecular complexity index is 550. The molecule has 4 nitrogen and oxygen atoms in total. The van der Waals surface area contributed by atoms with Crippen LogP contribution in [0.1, 0.15) is 12.5 Å². The van der Waals surface area contributed by atoms with Crippen molar-refractivity contribution in [3.8, 4) is 0 Å². The maximum Gasteiger partial charge on any atom is 0.227 e. The highest BCUT2D eigenvalue weighted by Gasteiger charge is 2.35. The molecule has 0 bridgehead atoms. The number of halogens is 2. The summed E-state index contributed by atoms with van der Waals surface area (Å²) >= 11 is 3.30. The van der Waals surface area contributed by atoms with Gasteiger partial charge >= 0.3 is 0 Å². The molecular weight excluding hydrogens is 327 g/mol. The fourth-order valence-electron chi connectivity index (χ4n) is 2.49. The molecule has 2 amide bonds. The lowest BCUT2D eigenvalue weighted by atomic mass is 9.98. The molecular formula is C14H16BrFN2O2. The maximum absolute atomic E-state index is 13.2. The van der Waals surface area contributed by atoms with Crippen LogP contribution >= 0.6 is 15.9 Å². The Hall–Kier alpha value is -1.43. The molecule has 1 aliphatic heterocycles. The fraction of sp³-hybridized carbons (Fsp3) is 0.429. The average molecular weight is 343 g/mol. The van der Waals surface area contributed by atoms with Crippen molar-refractivity contribution in [2.24, 2.45) is 17.6 Å². The predicted octanol–water partition coefficient (Wildman–Crippen LogP) is 1.71. The Morgan fingerprint density at radius 3 is 2.75 bits per heavy atom. The zero-order chi connectivity index (χ0) is 14.9. The monoisotopic (exact) mass is 342 g/mol. The van der Waals surface area contributed by atoms with E-state index in [0.717, 1.165) is 0 Å². The summed E-state index contributed by atoms with van der Waals surface area (Å²) in [6.45, 7) is 2.77. The highest BCUT2D eigenvalue weighted by molar-refractivity contribution is 9.10. The molecule has 1 fully saturated rings. The predicted molar refractivity (Wildman–Crippen MR) is 76.2 cm³/mol. The van der Waals surface area contributed by atoms with Crippen LogP contribution in [0.2, 0.25) is 0 Å². The zero-order valence-electron chi connectivity index (χ0n) is 11.1. The minimum atomic E-state index is -0.375. The van der Waals surface area contributed by atoms with E-state index < -0.39 is 0 Å². The second-order valence-electron chi connectivity index (χ2n) is 5.20. The van der Waals surface area contributed by atoms with Gasteiger partial charge in [0.25, 0.3) is 0 Å². The molecule has 2 atom stereocenters. The third-order valence-electron chi connectivity index (χ3n) is 3.68. The third kappa shape index (κ3) is 3.17. The van der Waals surface area contributed by atoms with Crippen LogP contribution in [-0.2, 0) is 16.0 Å². The van der Waals surface area contributed by atoms with Crippen molar-refractivity contribution in [2.45, 2.75) is 13.3 Å².